The van der Waals surface area contributed by atoms with Crippen molar-refractivity contribution in [3.05, 3.63) is 109 Å². The van der Waals surface area contributed by atoms with Crippen molar-refractivity contribution in [1.82, 2.24) is 4.57 Å². The first-order chi connectivity index (χ1) is 15.8. The monoisotopic (exact) mass is 429 g/mol. The van der Waals surface area contributed by atoms with Gasteiger partial charge in [-0.15, -0.1) is 11.3 Å². The third-order valence-corrected chi connectivity index (χ3v) is 7.48. The molecule has 6 rings (SSSR count). The van der Waals surface area contributed by atoms with Crippen LogP contribution in [0.1, 0.15) is 19.4 Å². The zero-order valence-corrected chi connectivity index (χ0v) is 19.0. The zero-order valence-electron chi connectivity index (χ0n) is 18.2. The van der Waals surface area contributed by atoms with Crippen LogP contribution < -0.4 is 0 Å². The lowest BCUT2D eigenvalue weighted by Crippen LogP contribution is -1.97. The van der Waals surface area contributed by atoms with Gasteiger partial charge in [-0.2, -0.15) is 0 Å². The first-order valence-electron chi connectivity index (χ1n) is 11.0. The van der Waals surface area contributed by atoms with E-state index < -0.39 is 0 Å². The molecule has 0 unspecified atom stereocenters. The van der Waals surface area contributed by atoms with Gasteiger partial charge in [0.15, 0.2) is 0 Å². The van der Waals surface area contributed by atoms with Gasteiger partial charge in [-0.05, 0) is 48.6 Å². The second kappa shape index (κ2) is 7.51. The normalized spacial score (nSPS) is 12.8. The summed E-state index contributed by atoms with van der Waals surface area (Å²) >= 11 is 1.89. The molecule has 32 heavy (non-hydrogen) atoms. The van der Waals surface area contributed by atoms with E-state index in [4.69, 9.17) is 0 Å². The van der Waals surface area contributed by atoms with Gasteiger partial charge in [-0.1, -0.05) is 85.0 Å². The van der Waals surface area contributed by atoms with Crippen molar-refractivity contribution >= 4 is 58.9 Å². The lowest BCUT2D eigenvalue weighted by atomic mass is 9.97. The molecule has 0 atom stereocenters. The Kier molecular flexibility index (Phi) is 4.48. The molecule has 0 radical (unpaired) electrons. The number of aromatic nitrogens is 1. The highest BCUT2D eigenvalue weighted by atomic mass is 32.1. The van der Waals surface area contributed by atoms with Gasteiger partial charge in [-0.3, -0.25) is 0 Å². The van der Waals surface area contributed by atoms with E-state index >= 15 is 0 Å². The van der Waals surface area contributed by atoms with Crippen molar-refractivity contribution in [2.75, 3.05) is 0 Å². The minimum Gasteiger partial charge on any atom is -0.307 e. The second-order valence-electron chi connectivity index (χ2n) is 8.18. The molecule has 1 nitrogen and oxygen atoms in total. The number of thiophene rings is 1. The predicted molar refractivity (Wildman–Crippen MR) is 142 cm³/mol. The molecule has 4 aromatic carbocycles. The smallest absolute Gasteiger partial charge is 0.0727 e. The summed E-state index contributed by atoms with van der Waals surface area (Å²) in [6.45, 7) is 4.25. The van der Waals surface area contributed by atoms with E-state index in [0.717, 1.165) is 0 Å². The van der Waals surface area contributed by atoms with Gasteiger partial charge in [0.05, 0.1) is 21.4 Å². The van der Waals surface area contributed by atoms with Gasteiger partial charge in [0.1, 0.15) is 0 Å². The van der Waals surface area contributed by atoms with Crippen molar-refractivity contribution in [2.24, 2.45) is 0 Å². The summed E-state index contributed by atoms with van der Waals surface area (Å²) in [5.74, 6) is 0. The van der Waals surface area contributed by atoms with Crippen molar-refractivity contribution in [2.45, 2.75) is 13.8 Å². The number of rotatable bonds is 3. The van der Waals surface area contributed by atoms with Crippen LogP contribution in [-0.2, 0) is 0 Å². The van der Waals surface area contributed by atoms with E-state index in [1.54, 1.807) is 0 Å². The first-order valence-corrected chi connectivity index (χ1v) is 11.8. The molecule has 0 bridgehead atoms. The fraction of sp³-hybridized carbons (Fsp3) is 0.0667. The van der Waals surface area contributed by atoms with Crippen LogP contribution in [0.5, 0.6) is 0 Å². The molecular weight excluding hydrogens is 406 g/mol. The number of hydrogen-bond donors (Lipinski definition) is 0. The van der Waals surface area contributed by atoms with Crippen LogP contribution in [0.25, 0.3) is 53.2 Å². The van der Waals surface area contributed by atoms with Gasteiger partial charge in [-0.25, -0.2) is 0 Å². The Bertz CT molecular complexity index is 1680. The number of allylic oxidation sites excluding steroid dienone is 4. The van der Waals surface area contributed by atoms with Crippen LogP contribution >= 0.6 is 11.3 Å². The Hall–Kier alpha value is -3.62. The molecular formula is C30H23NS. The van der Waals surface area contributed by atoms with Crippen LogP contribution in [0.15, 0.2) is 103 Å². The molecule has 0 spiro atoms. The zero-order chi connectivity index (χ0) is 21.7. The predicted octanol–water partition coefficient (Wildman–Crippen LogP) is 9.13. The standard InChI is InChI=1S/C30H23NS/c1-3-4-11-20(2)21-18-19-27(23-13-6-5-12-22(21)23)31-26-16-9-7-14-24(26)30-29(31)25-15-8-10-17-28(25)32-30/h3-19H,1-2H3/b4-3-,20-11+. The molecule has 0 saturated carbocycles. The number of nitrogens with zero attached hydrogens (tertiary/aromatic N) is 1. The third-order valence-electron chi connectivity index (χ3n) is 6.29. The summed E-state index contributed by atoms with van der Waals surface area (Å²) in [7, 11) is 0. The molecule has 0 N–H and O–H groups in total. The van der Waals surface area contributed by atoms with Crippen LogP contribution in [-0.4, -0.2) is 4.57 Å². The SMILES string of the molecule is C/C=C\C=C(/C)c1ccc(-n2c3ccccc3c3sc4ccccc4c32)c2ccccc12. The van der Waals surface area contributed by atoms with Crippen molar-refractivity contribution in [1.29, 1.82) is 0 Å². The molecule has 2 heterocycles. The highest BCUT2D eigenvalue weighted by molar-refractivity contribution is 7.26. The fourth-order valence-corrected chi connectivity index (χ4v) is 6.04. The molecule has 0 fully saturated rings. The van der Waals surface area contributed by atoms with Crippen molar-refractivity contribution in [3.8, 4) is 5.69 Å². The Balaban J connectivity index is 1.76. The Morgan fingerprint density at radius 2 is 1.44 bits per heavy atom. The van der Waals surface area contributed by atoms with Gasteiger partial charge < -0.3 is 4.57 Å². The molecule has 6 aromatic rings. The molecule has 0 saturated heterocycles. The van der Waals surface area contributed by atoms with E-state index in [1.807, 2.05) is 11.3 Å². The van der Waals surface area contributed by atoms with Gasteiger partial charge in [0.25, 0.3) is 0 Å². The Labute approximate surface area is 191 Å². The highest BCUT2D eigenvalue weighted by Crippen LogP contribution is 2.43. The topological polar surface area (TPSA) is 4.93 Å². The summed E-state index contributed by atoms with van der Waals surface area (Å²) in [5.41, 5.74) is 6.36. The van der Waals surface area contributed by atoms with Crippen molar-refractivity contribution < 1.29 is 0 Å². The Morgan fingerprint density at radius 3 is 2.25 bits per heavy atom. The van der Waals surface area contributed by atoms with E-state index in [0.29, 0.717) is 0 Å². The average molecular weight is 430 g/mol. The molecule has 154 valence electrons. The van der Waals surface area contributed by atoms with E-state index in [1.165, 1.54) is 58.8 Å². The summed E-state index contributed by atoms with van der Waals surface area (Å²) < 4.78 is 5.17. The number of hydrogen-bond acceptors (Lipinski definition) is 1. The second-order valence-corrected chi connectivity index (χ2v) is 9.23. The molecule has 0 aliphatic carbocycles. The average Bonchev–Trinajstić information content (AvgIpc) is 3.37. The van der Waals surface area contributed by atoms with Crippen LogP contribution in [0.2, 0.25) is 0 Å². The van der Waals surface area contributed by atoms with Gasteiger partial charge >= 0.3 is 0 Å². The number of para-hydroxylation sites is 1. The van der Waals surface area contributed by atoms with Crippen LogP contribution in [0.4, 0.5) is 0 Å². The Morgan fingerprint density at radius 1 is 0.750 bits per heavy atom. The largest absolute Gasteiger partial charge is 0.307 e. The number of fused-ring (bicyclic) bond motifs is 6. The molecule has 0 amide bonds. The highest BCUT2D eigenvalue weighted by Gasteiger charge is 2.19. The minimum atomic E-state index is 1.23. The maximum absolute atomic E-state index is 2.47. The summed E-state index contributed by atoms with van der Waals surface area (Å²) in [4.78, 5) is 0. The lowest BCUT2D eigenvalue weighted by molar-refractivity contribution is 1.20. The summed E-state index contributed by atoms with van der Waals surface area (Å²) in [5, 5.41) is 5.20. The molecule has 0 aliphatic rings. The molecule has 2 aromatic heterocycles. The van der Waals surface area contributed by atoms with Crippen LogP contribution in [0.3, 0.4) is 0 Å². The maximum atomic E-state index is 2.47. The fourth-order valence-electron chi connectivity index (χ4n) is 4.82. The van der Waals surface area contributed by atoms with E-state index in [-0.39, 0.29) is 0 Å². The summed E-state index contributed by atoms with van der Waals surface area (Å²) in [6, 6.07) is 30.9. The van der Waals surface area contributed by atoms with Gasteiger partial charge in [0.2, 0.25) is 0 Å². The minimum absolute atomic E-state index is 1.23. The van der Waals surface area contributed by atoms with E-state index in [2.05, 4.69) is 122 Å². The van der Waals surface area contributed by atoms with Gasteiger partial charge in [0, 0.05) is 20.9 Å². The first kappa shape index (κ1) is 19.1. The maximum Gasteiger partial charge on any atom is 0.0727 e. The van der Waals surface area contributed by atoms with E-state index in [9.17, 15) is 0 Å². The molecule has 0 aliphatic heterocycles. The quantitative estimate of drug-likeness (QED) is 0.247. The summed E-state index contributed by atoms with van der Waals surface area (Å²) in [6.07, 6.45) is 6.38. The van der Waals surface area contributed by atoms with Crippen LogP contribution in [0, 0.1) is 0 Å². The molecule has 2 heteroatoms. The van der Waals surface area contributed by atoms with Crippen molar-refractivity contribution in [3.63, 3.8) is 0 Å². The third kappa shape index (κ3) is 2.77. The number of benzene rings is 4. The lowest BCUT2D eigenvalue weighted by Gasteiger charge is -2.15.